The first-order chi connectivity index (χ1) is 3.00. The Bertz CT molecular complexity index is 80.7. The van der Waals surface area contributed by atoms with Crippen molar-refractivity contribution in [3.05, 3.63) is 18.0 Å². The van der Waals surface area contributed by atoms with Crippen LogP contribution in [0.4, 0.5) is 0 Å². The SMILES string of the molecule is b1ccbnc1. The summed E-state index contributed by atoms with van der Waals surface area (Å²) < 4.78 is 0. The van der Waals surface area contributed by atoms with Crippen molar-refractivity contribution in [2.24, 2.45) is 0 Å². The van der Waals surface area contributed by atoms with Crippen LogP contribution in [-0.4, -0.2) is 18.9 Å². The molecule has 0 saturated heterocycles. The molecule has 0 radical (unpaired) electrons. The molecule has 1 heterocycles. The fourth-order valence-corrected chi connectivity index (χ4v) is 0.313. The summed E-state index contributed by atoms with van der Waals surface area (Å²) in [6.45, 7) is 1.89. The molecule has 0 aliphatic carbocycles. The van der Waals surface area contributed by atoms with Crippen LogP contribution in [-0.2, 0) is 0 Å². The van der Waals surface area contributed by atoms with Crippen molar-refractivity contribution >= 4 is 14.0 Å². The van der Waals surface area contributed by atoms with Gasteiger partial charge in [0, 0.05) is 0 Å². The predicted octanol–water partition coefficient (Wildman–Crippen LogP) is -0.242. The van der Waals surface area contributed by atoms with Crippen LogP contribution in [0.2, 0.25) is 0 Å². The van der Waals surface area contributed by atoms with Gasteiger partial charge < -0.3 is 0 Å². The molecule has 0 spiro atoms. The molecule has 0 bridgehead atoms. The molecule has 0 saturated carbocycles. The van der Waals surface area contributed by atoms with Gasteiger partial charge in [0.05, 0.1) is 0 Å². The Labute approximate surface area is 37.9 Å². The summed E-state index contributed by atoms with van der Waals surface area (Å²) in [4.78, 5) is 3.78. The summed E-state index contributed by atoms with van der Waals surface area (Å²) in [6, 6.07) is 0. The molecule has 0 aliphatic heterocycles. The summed E-state index contributed by atoms with van der Waals surface area (Å²) in [5, 5.41) is 0. The second kappa shape index (κ2) is 1.85. The van der Waals surface area contributed by atoms with E-state index in [1.807, 2.05) is 18.8 Å². The monoisotopic (exact) mass is 75.0 g/mol. The maximum atomic E-state index is 3.78. The van der Waals surface area contributed by atoms with E-state index in [0.717, 1.165) is 0 Å². The van der Waals surface area contributed by atoms with E-state index in [0.29, 0.717) is 0 Å². The number of hydrogen-bond acceptors (Lipinski definition) is 1. The number of aromatic nitrogens is 1. The number of rotatable bonds is 0. The van der Waals surface area contributed by atoms with Gasteiger partial charge in [0.25, 0.3) is 0 Å². The van der Waals surface area contributed by atoms with Crippen molar-refractivity contribution in [1.29, 1.82) is 0 Å². The van der Waals surface area contributed by atoms with Crippen LogP contribution in [0.15, 0.2) is 18.0 Å². The summed E-state index contributed by atoms with van der Waals surface area (Å²) in [5.41, 5.74) is 0. The quantitative estimate of drug-likeness (QED) is 0.414. The molecule has 0 atom stereocenters. The first kappa shape index (κ1) is 3.72. The van der Waals surface area contributed by atoms with Gasteiger partial charge in [-0.2, -0.15) is 0 Å². The van der Waals surface area contributed by atoms with Crippen molar-refractivity contribution in [1.82, 2.24) is 4.89 Å². The molecule has 0 N–H and O–H groups in total. The third kappa shape index (κ3) is 0.744. The second-order valence-corrected chi connectivity index (χ2v) is 1.02. The normalized spacial score (nSPS) is 6.67. The molecule has 1 aromatic heterocycles. The number of hydrogen-bond donors (Lipinski definition) is 0. The average Bonchev–Trinajstić information content (AvgIpc) is 1.72. The molecule has 6 heavy (non-hydrogen) atoms. The summed E-state index contributed by atoms with van der Waals surface area (Å²) >= 11 is 0. The number of nitrogens with zero attached hydrogens (tertiary/aromatic N) is 1. The predicted molar refractivity (Wildman–Crippen MR) is 26.9 cm³/mol. The topological polar surface area (TPSA) is 12.9 Å². The van der Waals surface area contributed by atoms with Crippen molar-refractivity contribution in [2.45, 2.75) is 0 Å². The molecule has 3 heteroatoms. The van der Waals surface area contributed by atoms with Crippen molar-refractivity contribution in [2.75, 3.05) is 0 Å². The standard InChI is InChI=1S/C3H3B2N/c1-2-5-6-3-4-1/h1-3H. The van der Waals surface area contributed by atoms with Crippen molar-refractivity contribution in [3.63, 3.8) is 0 Å². The molecule has 0 fully saturated rings. The minimum atomic E-state index is 1.75. The zero-order chi connectivity index (χ0) is 4.24. The van der Waals surface area contributed by atoms with Crippen LogP contribution in [0.3, 0.4) is 0 Å². The van der Waals surface area contributed by atoms with E-state index in [-0.39, 0.29) is 0 Å². The Kier molecular flexibility index (Phi) is 1.15. The Balaban J connectivity index is 3.00. The third-order valence-corrected chi connectivity index (χ3v) is 0.566. The van der Waals surface area contributed by atoms with Gasteiger partial charge in [-0.1, -0.05) is 0 Å². The summed E-state index contributed by atoms with van der Waals surface area (Å²) in [5.74, 6) is 3.83. The fourth-order valence-electron chi connectivity index (χ4n) is 0.313. The average molecular weight is 74.7 g/mol. The van der Waals surface area contributed by atoms with E-state index < -0.39 is 0 Å². The fraction of sp³-hybridized carbons (Fsp3) is 0. The van der Waals surface area contributed by atoms with Gasteiger partial charge in [0.1, 0.15) is 0 Å². The van der Waals surface area contributed by atoms with E-state index >= 15 is 0 Å². The Morgan fingerprint density at radius 3 is 2.50 bits per heavy atom. The Morgan fingerprint density at radius 1 is 1.33 bits per heavy atom. The van der Waals surface area contributed by atoms with E-state index in [9.17, 15) is 0 Å². The van der Waals surface area contributed by atoms with E-state index in [2.05, 4.69) is 4.89 Å². The Hall–Kier alpha value is -0.460. The van der Waals surface area contributed by atoms with Gasteiger partial charge >= 0.3 is 36.9 Å². The van der Waals surface area contributed by atoms with Gasteiger partial charge in [0.2, 0.25) is 0 Å². The molecule has 0 unspecified atom stereocenters. The van der Waals surface area contributed by atoms with Crippen LogP contribution < -0.4 is 0 Å². The molecule has 1 nitrogen and oxygen atoms in total. The van der Waals surface area contributed by atoms with Crippen LogP contribution in [0.1, 0.15) is 0 Å². The molecule has 0 amide bonds. The Morgan fingerprint density at radius 2 is 2.33 bits per heavy atom. The molecule has 0 aromatic carbocycles. The van der Waals surface area contributed by atoms with Gasteiger partial charge in [-0.05, 0) is 0 Å². The summed E-state index contributed by atoms with van der Waals surface area (Å²) in [7, 11) is 1.75. The molecular formula is C3H3B2N. The zero-order valence-electron chi connectivity index (χ0n) is 3.33. The van der Waals surface area contributed by atoms with Crippen LogP contribution in [0.5, 0.6) is 0 Å². The first-order valence-corrected chi connectivity index (χ1v) is 1.85. The summed E-state index contributed by atoms with van der Waals surface area (Å²) in [6.07, 6.45) is 1.75. The molecule has 1 rings (SSSR count). The zero-order valence-corrected chi connectivity index (χ0v) is 3.33. The van der Waals surface area contributed by atoms with E-state index in [1.165, 1.54) is 0 Å². The van der Waals surface area contributed by atoms with Crippen molar-refractivity contribution in [3.8, 4) is 0 Å². The van der Waals surface area contributed by atoms with Gasteiger partial charge in [-0.15, -0.1) is 0 Å². The second-order valence-electron chi connectivity index (χ2n) is 1.02. The third-order valence-electron chi connectivity index (χ3n) is 0.566. The van der Waals surface area contributed by atoms with Crippen LogP contribution >= 0.6 is 0 Å². The first-order valence-electron chi connectivity index (χ1n) is 1.85. The van der Waals surface area contributed by atoms with Gasteiger partial charge in [0.15, 0.2) is 0 Å². The van der Waals surface area contributed by atoms with Crippen LogP contribution in [0, 0.1) is 0 Å². The molecule has 0 aliphatic rings. The maximum absolute atomic E-state index is 3.78. The van der Waals surface area contributed by atoms with Crippen molar-refractivity contribution < 1.29 is 0 Å². The van der Waals surface area contributed by atoms with Gasteiger partial charge in [-0.25, -0.2) is 0 Å². The molecule has 26 valence electrons. The van der Waals surface area contributed by atoms with Crippen LogP contribution in [0.25, 0.3) is 0 Å². The minimum absolute atomic E-state index is 1.75. The molecular weight excluding hydrogens is 71.7 g/mol. The van der Waals surface area contributed by atoms with E-state index in [1.54, 1.807) is 13.1 Å². The van der Waals surface area contributed by atoms with Gasteiger partial charge in [-0.3, -0.25) is 0 Å². The van der Waals surface area contributed by atoms with E-state index in [4.69, 9.17) is 0 Å². The molecule has 1 aromatic rings.